The molecule has 0 bridgehead atoms. The molecule has 0 saturated heterocycles. The van der Waals surface area contributed by atoms with Gasteiger partial charge in [-0.3, -0.25) is 0 Å². The van der Waals surface area contributed by atoms with E-state index < -0.39 is 6.10 Å². The van der Waals surface area contributed by atoms with E-state index in [0.29, 0.717) is 35.3 Å². The number of aliphatic hydroxyl groups is 1. The molecular weight excluding hydrogens is 404 g/mol. The molecule has 1 aliphatic rings. The molecule has 0 fully saturated rings. The van der Waals surface area contributed by atoms with Crippen molar-refractivity contribution in [2.45, 2.75) is 19.6 Å². The first-order valence-electron chi connectivity index (χ1n) is 9.63. The van der Waals surface area contributed by atoms with Gasteiger partial charge >= 0.3 is 0 Å². The van der Waals surface area contributed by atoms with Gasteiger partial charge in [-0.15, -0.1) is 0 Å². The third-order valence-electron chi connectivity index (χ3n) is 5.64. The second kappa shape index (κ2) is 7.04. The van der Waals surface area contributed by atoms with Crippen LogP contribution in [0.15, 0.2) is 36.4 Å². The first kappa shape index (κ1) is 19.0. The van der Waals surface area contributed by atoms with Crippen molar-refractivity contribution in [3.63, 3.8) is 0 Å². The second-order valence-corrected chi connectivity index (χ2v) is 7.72. The highest BCUT2D eigenvalue weighted by molar-refractivity contribution is 6.34. The maximum Gasteiger partial charge on any atom is 0.176 e. The molecule has 30 heavy (non-hydrogen) atoms. The highest BCUT2D eigenvalue weighted by atomic mass is 35.5. The normalized spacial score (nSPS) is 16.2. The number of fused-ring (bicyclic) bond motifs is 4. The van der Waals surface area contributed by atoms with Gasteiger partial charge in [0.25, 0.3) is 0 Å². The van der Waals surface area contributed by atoms with Crippen LogP contribution < -0.4 is 14.4 Å². The molecule has 7 nitrogen and oxygen atoms in total. The van der Waals surface area contributed by atoms with Crippen molar-refractivity contribution in [1.82, 2.24) is 14.6 Å². The van der Waals surface area contributed by atoms with Gasteiger partial charge in [-0.1, -0.05) is 23.7 Å². The second-order valence-electron chi connectivity index (χ2n) is 7.35. The number of aryl methyl sites for hydroxylation is 1. The molecule has 0 unspecified atom stereocenters. The van der Waals surface area contributed by atoms with E-state index in [2.05, 4.69) is 10.00 Å². The SMILES string of the molecule is COc1ccc(OC)c2c1CN(c1nc3c(Cl)c(C)nn3c3ccccc13)C[C@@H]2O. The Balaban J connectivity index is 1.73. The van der Waals surface area contributed by atoms with Crippen molar-refractivity contribution in [2.75, 3.05) is 25.7 Å². The van der Waals surface area contributed by atoms with Crippen LogP contribution in [-0.4, -0.2) is 40.5 Å². The Morgan fingerprint density at radius 3 is 2.60 bits per heavy atom. The fraction of sp³-hybridized carbons (Fsp3) is 0.273. The number of anilines is 1. The molecule has 3 heterocycles. The zero-order valence-electron chi connectivity index (χ0n) is 16.9. The number of halogens is 1. The van der Waals surface area contributed by atoms with Gasteiger partial charge in [-0.05, 0) is 31.2 Å². The van der Waals surface area contributed by atoms with Gasteiger partial charge in [0.2, 0.25) is 0 Å². The number of aliphatic hydroxyl groups excluding tert-OH is 1. The Bertz CT molecular complexity index is 1290. The summed E-state index contributed by atoms with van der Waals surface area (Å²) in [5, 5.41) is 17.0. The van der Waals surface area contributed by atoms with E-state index in [-0.39, 0.29) is 0 Å². The molecule has 0 spiro atoms. The average Bonchev–Trinajstić information content (AvgIpc) is 3.06. The fourth-order valence-corrected chi connectivity index (χ4v) is 4.41. The summed E-state index contributed by atoms with van der Waals surface area (Å²) in [6.45, 7) is 2.75. The molecule has 4 aromatic rings. The third kappa shape index (κ3) is 2.69. The standard InChI is InChI=1S/C22H21ClN4O3/c1-12-20(23)22-24-21(13-6-4-5-7-15(13)27(22)25-12)26-10-14-17(29-2)8-9-18(30-3)19(14)16(28)11-26/h4-9,16,28H,10-11H2,1-3H3/t16-/m0/s1. The number of benzene rings is 2. The molecule has 2 aromatic heterocycles. The molecule has 5 rings (SSSR count). The molecule has 0 saturated carbocycles. The molecule has 154 valence electrons. The van der Waals surface area contributed by atoms with Crippen LogP contribution in [0.25, 0.3) is 16.6 Å². The lowest BCUT2D eigenvalue weighted by molar-refractivity contribution is 0.169. The summed E-state index contributed by atoms with van der Waals surface area (Å²) >= 11 is 6.50. The van der Waals surface area contributed by atoms with Gasteiger partial charge in [0, 0.05) is 23.1 Å². The van der Waals surface area contributed by atoms with E-state index in [1.807, 2.05) is 43.3 Å². The smallest absolute Gasteiger partial charge is 0.176 e. The Morgan fingerprint density at radius 2 is 1.83 bits per heavy atom. The predicted molar refractivity (Wildman–Crippen MR) is 116 cm³/mol. The minimum absolute atomic E-state index is 0.369. The molecule has 0 aliphatic carbocycles. The lowest BCUT2D eigenvalue weighted by atomic mass is 9.95. The van der Waals surface area contributed by atoms with Crippen LogP contribution in [0.3, 0.4) is 0 Å². The monoisotopic (exact) mass is 424 g/mol. The number of para-hydroxylation sites is 1. The van der Waals surface area contributed by atoms with Crippen molar-refractivity contribution < 1.29 is 14.6 Å². The maximum atomic E-state index is 11.0. The molecule has 0 amide bonds. The van der Waals surface area contributed by atoms with Crippen molar-refractivity contribution in [2.24, 2.45) is 0 Å². The van der Waals surface area contributed by atoms with Crippen LogP contribution >= 0.6 is 11.6 Å². The van der Waals surface area contributed by atoms with Crippen molar-refractivity contribution in [3.8, 4) is 11.5 Å². The van der Waals surface area contributed by atoms with E-state index in [1.165, 1.54) is 0 Å². The predicted octanol–water partition coefficient (Wildman–Crippen LogP) is 3.92. The molecule has 2 aromatic carbocycles. The molecular formula is C22H21ClN4O3. The Labute approximate surface area is 178 Å². The van der Waals surface area contributed by atoms with Gasteiger partial charge in [-0.2, -0.15) is 5.10 Å². The number of aromatic nitrogens is 3. The molecule has 0 radical (unpaired) electrons. The van der Waals surface area contributed by atoms with E-state index in [0.717, 1.165) is 33.5 Å². The Hall–Kier alpha value is -3.03. The first-order chi connectivity index (χ1) is 14.5. The lowest BCUT2D eigenvalue weighted by Gasteiger charge is -2.35. The van der Waals surface area contributed by atoms with Gasteiger partial charge in [0.1, 0.15) is 28.4 Å². The molecule has 1 N–H and O–H groups in total. The number of methoxy groups -OCH3 is 2. The first-order valence-corrected chi connectivity index (χ1v) is 10.0. The fourth-order valence-electron chi connectivity index (χ4n) is 4.25. The van der Waals surface area contributed by atoms with Crippen molar-refractivity contribution >= 4 is 34.0 Å². The lowest BCUT2D eigenvalue weighted by Crippen LogP contribution is -2.35. The van der Waals surface area contributed by atoms with E-state index in [4.69, 9.17) is 26.1 Å². The molecule has 8 heteroatoms. The van der Waals surface area contributed by atoms with Crippen LogP contribution in [0.2, 0.25) is 5.02 Å². The third-order valence-corrected chi connectivity index (χ3v) is 6.08. The highest BCUT2D eigenvalue weighted by Gasteiger charge is 2.31. The van der Waals surface area contributed by atoms with Crippen LogP contribution in [0.5, 0.6) is 11.5 Å². The van der Waals surface area contributed by atoms with Crippen molar-refractivity contribution in [3.05, 3.63) is 58.2 Å². The summed E-state index contributed by atoms with van der Waals surface area (Å²) in [7, 11) is 3.23. The summed E-state index contributed by atoms with van der Waals surface area (Å²) < 4.78 is 12.8. The Kier molecular flexibility index (Phi) is 4.45. The van der Waals surface area contributed by atoms with Gasteiger partial charge in [-0.25, -0.2) is 9.50 Å². The van der Waals surface area contributed by atoms with E-state index in [9.17, 15) is 5.11 Å². The number of hydrogen-bond acceptors (Lipinski definition) is 6. The van der Waals surface area contributed by atoms with Gasteiger partial charge in [0.05, 0.1) is 32.0 Å². The van der Waals surface area contributed by atoms with Crippen LogP contribution in [-0.2, 0) is 6.54 Å². The minimum Gasteiger partial charge on any atom is -0.496 e. The number of β-amino-alcohol motifs (C(OH)–C–C–N with tert-alkyl or cyclic N) is 1. The quantitative estimate of drug-likeness (QED) is 0.537. The van der Waals surface area contributed by atoms with Crippen LogP contribution in [0.1, 0.15) is 22.9 Å². The largest absolute Gasteiger partial charge is 0.496 e. The molecule has 1 aliphatic heterocycles. The topological polar surface area (TPSA) is 72.1 Å². The van der Waals surface area contributed by atoms with E-state index >= 15 is 0 Å². The zero-order chi connectivity index (χ0) is 21.0. The van der Waals surface area contributed by atoms with Gasteiger partial charge < -0.3 is 19.5 Å². The summed E-state index contributed by atoms with van der Waals surface area (Å²) in [6, 6.07) is 11.6. The van der Waals surface area contributed by atoms with Gasteiger partial charge in [0.15, 0.2) is 5.65 Å². The maximum absolute atomic E-state index is 11.0. The Morgan fingerprint density at radius 1 is 1.10 bits per heavy atom. The molecule has 1 atom stereocenters. The number of rotatable bonds is 3. The van der Waals surface area contributed by atoms with Crippen molar-refractivity contribution in [1.29, 1.82) is 0 Å². The zero-order valence-corrected chi connectivity index (χ0v) is 17.6. The van der Waals surface area contributed by atoms with Crippen LogP contribution in [0.4, 0.5) is 5.82 Å². The summed E-state index contributed by atoms with van der Waals surface area (Å²) in [4.78, 5) is 6.92. The number of hydrogen-bond donors (Lipinski definition) is 1. The average molecular weight is 425 g/mol. The highest BCUT2D eigenvalue weighted by Crippen LogP contribution is 2.41. The summed E-state index contributed by atoms with van der Waals surface area (Å²) in [5.74, 6) is 2.10. The van der Waals surface area contributed by atoms with E-state index in [1.54, 1.807) is 18.7 Å². The summed E-state index contributed by atoms with van der Waals surface area (Å²) in [6.07, 6.45) is -0.752. The number of nitrogens with zero attached hydrogens (tertiary/aromatic N) is 4. The summed E-state index contributed by atoms with van der Waals surface area (Å²) in [5.41, 5.74) is 3.88. The minimum atomic E-state index is -0.752. The van der Waals surface area contributed by atoms with Crippen LogP contribution in [0, 0.1) is 6.92 Å². The number of ether oxygens (including phenoxy) is 2.